The number of allylic oxidation sites excluding steroid dienone is 2. The molecule has 2 saturated carbocycles. The van der Waals surface area contributed by atoms with E-state index in [-0.39, 0.29) is 28.1 Å². The molecule has 3 aliphatic rings. The second-order valence-corrected chi connectivity index (χ2v) is 9.22. The molecule has 0 aromatic carbocycles. The lowest BCUT2D eigenvalue weighted by Crippen LogP contribution is -2.63. The van der Waals surface area contributed by atoms with Gasteiger partial charge in [0.1, 0.15) is 0 Å². The van der Waals surface area contributed by atoms with E-state index in [0.29, 0.717) is 12.8 Å². The van der Waals surface area contributed by atoms with Crippen molar-refractivity contribution in [2.75, 3.05) is 0 Å². The second kappa shape index (κ2) is 5.18. The standard InChI is InChI=1S/C20H32O3/c1-6-19(4)10-12-7-8-14-18(2,3)15(22)9-16(23)20(14,5)17(12)13(21)11-19/h6,10,13-17,21-23H,1,7-9,11H2,2-5H3/t13-,14+,15-,16+,17-,19-,20-/m1/s1. The Kier molecular flexibility index (Phi) is 3.87. The number of aliphatic hydroxyl groups is 3. The quantitative estimate of drug-likeness (QED) is 0.651. The molecule has 0 amide bonds. The maximum Gasteiger partial charge on any atom is 0.0628 e. The first kappa shape index (κ1) is 17.2. The molecule has 3 nitrogen and oxygen atoms in total. The summed E-state index contributed by atoms with van der Waals surface area (Å²) in [5.41, 5.74) is 0.493. The summed E-state index contributed by atoms with van der Waals surface area (Å²) in [5, 5.41) is 32.4. The van der Waals surface area contributed by atoms with E-state index >= 15 is 0 Å². The summed E-state index contributed by atoms with van der Waals surface area (Å²) >= 11 is 0. The molecule has 0 spiro atoms. The van der Waals surface area contributed by atoms with Gasteiger partial charge in [-0.1, -0.05) is 45.4 Å². The fraction of sp³-hybridized carbons (Fsp3) is 0.800. The van der Waals surface area contributed by atoms with E-state index in [1.807, 2.05) is 6.08 Å². The van der Waals surface area contributed by atoms with Crippen LogP contribution in [0.15, 0.2) is 24.3 Å². The maximum atomic E-state index is 11.0. The summed E-state index contributed by atoms with van der Waals surface area (Å²) in [6.07, 6.45) is 5.63. The predicted octanol–water partition coefficient (Wildman–Crippen LogP) is 3.05. The van der Waals surface area contributed by atoms with E-state index in [1.165, 1.54) is 5.57 Å². The van der Waals surface area contributed by atoms with Gasteiger partial charge in [0.2, 0.25) is 0 Å². The van der Waals surface area contributed by atoms with Crippen LogP contribution in [0, 0.1) is 28.1 Å². The average Bonchev–Trinajstić information content (AvgIpc) is 2.45. The van der Waals surface area contributed by atoms with Crippen molar-refractivity contribution in [3.63, 3.8) is 0 Å². The zero-order chi connectivity index (χ0) is 17.2. The molecule has 3 aliphatic carbocycles. The second-order valence-electron chi connectivity index (χ2n) is 9.22. The van der Waals surface area contributed by atoms with Crippen LogP contribution < -0.4 is 0 Å². The van der Waals surface area contributed by atoms with Crippen LogP contribution in [-0.4, -0.2) is 33.6 Å². The molecule has 2 fully saturated rings. The smallest absolute Gasteiger partial charge is 0.0628 e. The first-order valence-corrected chi connectivity index (χ1v) is 8.95. The molecule has 0 aromatic heterocycles. The highest BCUT2D eigenvalue weighted by molar-refractivity contribution is 5.29. The molecule has 3 N–H and O–H groups in total. The van der Waals surface area contributed by atoms with Crippen molar-refractivity contribution >= 4 is 0 Å². The molecular weight excluding hydrogens is 288 g/mol. The van der Waals surface area contributed by atoms with E-state index < -0.39 is 18.3 Å². The Hall–Kier alpha value is -0.640. The van der Waals surface area contributed by atoms with Gasteiger partial charge in [-0.15, -0.1) is 6.58 Å². The molecule has 0 bridgehead atoms. The highest BCUT2D eigenvalue weighted by Gasteiger charge is 2.62. The Morgan fingerprint density at radius 2 is 1.78 bits per heavy atom. The van der Waals surface area contributed by atoms with Gasteiger partial charge in [0, 0.05) is 23.2 Å². The van der Waals surface area contributed by atoms with Gasteiger partial charge in [-0.3, -0.25) is 0 Å². The van der Waals surface area contributed by atoms with Gasteiger partial charge in [0.15, 0.2) is 0 Å². The Morgan fingerprint density at radius 1 is 1.13 bits per heavy atom. The van der Waals surface area contributed by atoms with E-state index in [4.69, 9.17) is 0 Å². The minimum Gasteiger partial charge on any atom is -0.392 e. The molecule has 0 aromatic rings. The van der Waals surface area contributed by atoms with Crippen LogP contribution in [0.5, 0.6) is 0 Å². The van der Waals surface area contributed by atoms with Crippen molar-refractivity contribution in [1.29, 1.82) is 0 Å². The van der Waals surface area contributed by atoms with Gasteiger partial charge in [-0.25, -0.2) is 0 Å². The van der Waals surface area contributed by atoms with Crippen LogP contribution in [0.4, 0.5) is 0 Å². The fourth-order valence-corrected chi connectivity index (χ4v) is 6.02. The van der Waals surface area contributed by atoms with Crippen LogP contribution in [0.2, 0.25) is 0 Å². The summed E-state index contributed by atoms with van der Waals surface area (Å²) in [7, 11) is 0. The SMILES string of the molecule is C=C[C@]1(C)C=C2CC[C@H]3C(C)(C)[C@H](O)C[C@H](O)[C@]3(C)[C@H]2[C@H](O)C1. The Balaban J connectivity index is 2.08. The van der Waals surface area contributed by atoms with E-state index in [0.717, 1.165) is 12.8 Å². The highest BCUT2D eigenvalue weighted by Crippen LogP contribution is 2.63. The van der Waals surface area contributed by atoms with E-state index in [9.17, 15) is 15.3 Å². The first-order valence-electron chi connectivity index (χ1n) is 8.95. The number of rotatable bonds is 1. The first-order chi connectivity index (χ1) is 10.6. The van der Waals surface area contributed by atoms with Gasteiger partial charge < -0.3 is 15.3 Å². The summed E-state index contributed by atoms with van der Waals surface area (Å²) in [6.45, 7) is 12.4. The Labute approximate surface area is 140 Å². The highest BCUT2D eigenvalue weighted by atomic mass is 16.3. The Morgan fingerprint density at radius 3 is 2.39 bits per heavy atom. The number of fused-ring (bicyclic) bond motifs is 3. The number of hydrogen-bond donors (Lipinski definition) is 3. The van der Waals surface area contributed by atoms with Crippen molar-refractivity contribution in [1.82, 2.24) is 0 Å². The zero-order valence-corrected chi connectivity index (χ0v) is 14.9. The summed E-state index contributed by atoms with van der Waals surface area (Å²) < 4.78 is 0. The van der Waals surface area contributed by atoms with Crippen molar-refractivity contribution in [2.24, 2.45) is 28.1 Å². The summed E-state index contributed by atoms with van der Waals surface area (Å²) in [5.74, 6) is 0.190. The molecule has 23 heavy (non-hydrogen) atoms. The third kappa shape index (κ3) is 2.27. The molecule has 0 saturated heterocycles. The largest absolute Gasteiger partial charge is 0.392 e. The topological polar surface area (TPSA) is 60.7 Å². The van der Waals surface area contributed by atoms with Gasteiger partial charge >= 0.3 is 0 Å². The molecule has 7 atom stereocenters. The van der Waals surface area contributed by atoms with Crippen LogP contribution in [-0.2, 0) is 0 Å². The average molecular weight is 320 g/mol. The lowest BCUT2D eigenvalue weighted by Gasteiger charge is -2.63. The molecule has 0 aliphatic heterocycles. The lowest BCUT2D eigenvalue weighted by molar-refractivity contribution is -0.202. The van der Waals surface area contributed by atoms with Gasteiger partial charge in [-0.05, 0) is 30.6 Å². The normalized spacial score (nSPS) is 52.1. The number of aliphatic hydroxyl groups excluding tert-OH is 3. The van der Waals surface area contributed by atoms with Crippen LogP contribution in [0.3, 0.4) is 0 Å². The minimum absolute atomic E-state index is 0.0175. The third-order valence-electron chi connectivity index (χ3n) is 7.48. The molecule has 0 radical (unpaired) electrons. The van der Waals surface area contributed by atoms with Crippen molar-refractivity contribution in [3.8, 4) is 0 Å². The monoisotopic (exact) mass is 320 g/mol. The van der Waals surface area contributed by atoms with E-state index in [1.54, 1.807) is 0 Å². The number of hydrogen-bond acceptors (Lipinski definition) is 3. The predicted molar refractivity (Wildman–Crippen MR) is 91.7 cm³/mol. The van der Waals surface area contributed by atoms with Crippen LogP contribution in [0.1, 0.15) is 53.4 Å². The lowest BCUT2D eigenvalue weighted by atomic mass is 9.43. The maximum absolute atomic E-state index is 11.0. The zero-order valence-electron chi connectivity index (χ0n) is 14.9. The minimum atomic E-state index is -0.577. The van der Waals surface area contributed by atoms with Gasteiger partial charge in [-0.2, -0.15) is 0 Å². The molecular formula is C20H32O3. The van der Waals surface area contributed by atoms with Crippen molar-refractivity contribution < 1.29 is 15.3 Å². The Bertz CT molecular complexity index is 537. The third-order valence-corrected chi connectivity index (χ3v) is 7.48. The molecule has 3 heteroatoms. The van der Waals surface area contributed by atoms with Crippen molar-refractivity contribution in [3.05, 3.63) is 24.3 Å². The fourth-order valence-electron chi connectivity index (χ4n) is 6.02. The molecule has 0 unspecified atom stereocenters. The summed E-state index contributed by atoms with van der Waals surface area (Å²) in [4.78, 5) is 0. The van der Waals surface area contributed by atoms with Gasteiger partial charge in [0.25, 0.3) is 0 Å². The van der Waals surface area contributed by atoms with Gasteiger partial charge in [0.05, 0.1) is 18.3 Å². The molecule has 0 heterocycles. The van der Waals surface area contributed by atoms with Crippen LogP contribution in [0.25, 0.3) is 0 Å². The van der Waals surface area contributed by atoms with Crippen LogP contribution >= 0.6 is 0 Å². The summed E-state index contributed by atoms with van der Waals surface area (Å²) in [6, 6.07) is 0. The van der Waals surface area contributed by atoms with Crippen molar-refractivity contribution in [2.45, 2.75) is 71.7 Å². The van der Waals surface area contributed by atoms with E-state index in [2.05, 4.69) is 40.3 Å². The molecule has 130 valence electrons. The molecule has 3 rings (SSSR count).